The zero-order valence-corrected chi connectivity index (χ0v) is 16.9. The average molecular weight is 482 g/mol. The van der Waals surface area contributed by atoms with E-state index in [1.807, 2.05) is 5.32 Å². The van der Waals surface area contributed by atoms with Crippen LogP contribution >= 0.6 is 0 Å². The van der Waals surface area contributed by atoms with Crippen LogP contribution in [0.4, 0.5) is 32.0 Å². The Hall–Kier alpha value is -2.64. The Morgan fingerprint density at radius 1 is 0.906 bits per heavy atom. The summed E-state index contributed by atoms with van der Waals surface area (Å²) in [6, 6.07) is 5.32. The molecule has 32 heavy (non-hydrogen) atoms. The van der Waals surface area contributed by atoms with E-state index >= 15 is 0 Å². The number of morpholine rings is 1. The van der Waals surface area contributed by atoms with Gasteiger partial charge in [-0.15, -0.1) is 0 Å². The van der Waals surface area contributed by atoms with Crippen LogP contribution in [0.2, 0.25) is 0 Å². The Morgan fingerprint density at radius 2 is 1.47 bits per heavy atom. The molecule has 3 rings (SSSR count). The second-order valence-electron chi connectivity index (χ2n) is 6.79. The summed E-state index contributed by atoms with van der Waals surface area (Å²) in [5, 5.41) is 1.97. The summed E-state index contributed by atoms with van der Waals surface area (Å²) < 4.78 is 110. The predicted octanol–water partition coefficient (Wildman–Crippen LogP) is 4.00. The third-order valence-corrected chi connectivity index (χ3v) is 6.44. The Labute approximate surface area is 178 Å². The fourth-order valence-electron chi connectivity index (χ4n) is 2.96. The van der Waals surface area contributed by atoms with E-state index in [0.717, 1.165) is 10.4 Å². The largest absolute Gasteiger partial charge is 0.416 e. The van der Waals surface area contributed by atoms with E-state index in [1.54, 1.807) is 0 Å². The SMILES string of the molecule is O=C(Nc1cc(C(F)(F)F)cc(C(F)(F)F)c1)c1cccc(S(=O)(=O)N2CCOCC2)c1. The summed E-state index contributed by atoms with van der Waals surface area (Å²) in [5.74, 6) is -1.07. The summed E-state index contributed by atoms with van der Waals surface area (Å²) in [6.45, 7) is 0.583. The van der Waals surface area contributed by atoms with Crippen LogP contribution in [0.5, 0.6) is 0 Å². The van der Waals surface area contributed by atoms with E-state index in [4.69, 9.17) is 4.74 Å². The van der Waals surface area contributed by atoms with Crippen molar-refractivity contribution in [2.24, 2.45) is 0 Å². The third-order valence-electron chi connectivity index (χ3n) is 4.55. The smallest absolute Gasteiger partial charge is 0.379 e. The molecule has 2 aromatic carbocycles. The highest BCUT2D eigenvalue weighted by molar-refractivity contribution is 7.89. The molecule has 1 saturated heterocycles. The molecule has 6 nitrogen and oxygen atoms in total. The summed E-state index contributed by atoms with van der Waals surface area (Å²) in [7, 11) is -3.97. The molecule has 1 amide bonds. The number of rotatable bonds is 4. The lowest BCUT2D eigenvalue weighted by atomic mass is 10.1. The van der Waals surface area contributed by atoms with E-state index in [2.05, 4.69) is 0 Å². The Balaban J connectivity index is 1.90. The first-order chi connectivity index (χ1) is 14.8. The number of carbonyl (C=O) groups is 1. The molecular weight excluding hydrogens is 466 g/mol. The monoisotopic (exact) mass is 482 g/mol. The minimum atomic E-state index is -5.08. The van der Waals surface area contributed by atoms with Crippen molar-refractivity contribution in [1.82, 2.24) is 4.31 Å². The number of sulfonamides is 1. The van der Waals surface area contributed by atoms with Gasteiger partial charge in [0, 0.05) is 24.3 Å². The van der Waals surface area contributed by atoms with Crippen molar-refractivity contribution < 1.29 is 44.3 Å². The first-order valence-corrected chi connectivity index (χ1v) is 10.5. The Bertz CT molecular complexity index is 1080. The van der Waals surface area contributed by atoms with Crippen LogP contribution in [0.3, 0.4) is 0 Å². The fraction of sp³-hybridized carbons (Fsp3) is 0.316. The molecule has 0 aromatic heterocycles. The number of nitrogens with zero attached hydrogens (tertiary/aromatic N) is 1. The summed E-state index contributed by atoms with van der Waals surface area (Å²) in [4.78, 5) is 12.2. The summed E-state index contributed by atoms with van der Waals surface area (Å²) >= 11 is 0. The molecule has 0 atom stereocenters. The van der Waals surface area contributed by atoms with Crippen LogP contribution < -0.4 is 5.32 Å². The average Bonchev–Trinajstić information content (AvgIpc) is 2.73. The van der Waals surface area contributed by atoms with Crippen LogP contribution in [0.1, 0.15) is 21.5 Å². The number of alkyl halides is 6. The predicted molar refractivity (Wildman–Crippen MR) is 100 cm³/mol. The minimum absolute atomic E-state index is 0.0643. The number of hydrogen-bond donors (Lipinski definition) is 1. The zero-order chi connectivity index (χ0) is 23.7. The topological polar surface area (TPSA) is 75.7 Å². The van der Waals surface area contributed by atoms with Gasteiger partial charge in [0.1, 0.15) is 0 Å². The molecule has 2 aromatic rings. The first kappa shape index (κ1) is 24.0. The van der Waals surface area contributed by atoms with Gasteiger partial charge in [0.15, 0.2) is 0 Å². The van der Waals surface area contributed by atoms with Crippen molar-refractivity contribution in [3.05, 3.63) is 59.2 Å². The van der Waals surface area contributed by atoms with Gasteiger partial charge in [-0.05, 0) is 36.4 Å². The van der Waals surface area contributed by atoms with Gasteiger partial charge < -0.3 is 10.1 Å². The van der Waals surface area contributed by atoms with Crippen molar-refractivity contribution in [1.29, 1.82) is 0 Å². The highest BCUT2D eigenvalue weighted by Gasteiger charge is 2.37. The van der Waals surface area contributed by atoms with E-state index in [9.17, 15) is 39.6 Å². The maximum atomic E-state index is 13.0. The molecule has 1 heterocycles. The lowest BCUT2D eigenvalue weighted by Gasteiger charge is -2.26. The van der Waals surface area contributed by atoms with Crippen molar-refractivity contribution in [3.63, 3.8) is 0 Å². The maximum absolute atomic E-state index is 13.0. The van der Waals surface area contributed by atoms with E-state index in [1.165, 1.54) is 18.2 Å². The number of amides is 1. The lowest BCUT2D eigenvalue weighted by Crippen LogP contribution is -2.40. The number of hydrogen-bond acceptors (Lipinski definition) is 4. The molecule has 0 bridgehead atoms. The molecule has 0 radical (unpaired) electrons. The van der Waals surface area contributed by atoms with Crippen LogP contribution in [0.15, 0.2) is 47.4 Å². The van der Waals surface area contributed by atoms with Gasteiger partial charge in [0.05, 0.1) is 29.2 Å². The second-order valence-corrected chi connectivity index (χ2v) is 8.73. The van der Waals surface area contributed by atoms with Gasteiger partial charge in [0.25, 0.3) is 5.91 Å². The van der Waals surface area contributed by atoms with Crippen molar-refractivity contribution >= 4 is 21.6 Å². The molecule has 0 aliphatic carbocycles. The lowest BCUT2D eigenvalue weighted by molar-refractivity contribution is -0.143. The molecular formula is C19H16F6N2O4S. The minimum Gasteiger partial charge on any atom is -0.379 e. The molecule has 1 aliphatic heterocycles. The van der Waals surface area contributed by atoms with Gasteiger partial charge >= 0.3 is 12.4 Å². The van der Waals surface area contributed by atoms with Crippen LogP contribution in [-0.4, -0.2) is 44.9 Å². The van der Waals surface area contributed by atoms with Crippen LogP contribution in [-0.2, 0) is 27.1 Å². The number of halogens is 6. The molecule has 1 N–H and O–H groups in total. The quantitative estimate of drug-likeness (QED) is 0.669. The number of benzene rings is 2. The Morgan fingerprint density at radius 3 is 2.00 bits per heavy atom. The van der Waals surface area contributed by atoms with Crippen LogP contribution in [0, 0.1) is 0 Å². The fourth-order valence-corrected chi connectivity index (χ4v) is 4.42. The molecule has 0 spiro atoms. The van der Waals surface area contributed by atoms with Crippen molar-refractivity contribution in [2.75, 3.05) is 31.6 Å². The molecule has 0 unspecified atom stereocenters. The molecule has 13 heteroatoms. The number of ether oxygens (including phenoxy) is 1. The van der Waals surface area contributed by atoms with Crippen molar-refractivity contribution in [2.45, 2.75) is 17.2 Å². The first-order valence-electron chi connectivity index (χ1n) is 9.07. The Kier molecular flexibility index (Phi) is 6.54. The van der Waals surface area contributed by atoms with Gasteiger partial charge in [0.2, 0.25) is 10.0 Å². The normalized spacial score (nSPS) is 16.1. The highest BCUT2D eigenvalue weighted by Crippen LogP contribution is 2.37. The van der Waals surface area contributed by atoms with Crippen LogP contribution in [0.25, 0.3) is 0 Å². The van der Waals surface area contributed by atoms with Gasteiger partial charge in [-0.25, -0.2) is 8.42 Å². The number of carbonyl (C=O) groups excluding carboxylic acids is 1. The molecule has 174 valence electrons. The number of nitrogens with one attached hydrogen (secondary N) is 1. The number of anilines is 1. The maximum Gasteiger partial charge on any atom is 0.416 e. The van der Waals surface area contributed by atoms with E-state index in [0.29, 0.717) is 12.1 Å². The molecule has 0 saturated carbocycles. The standard InChI is InChI=1S/C19H16F6N2O4S/c20-18(21,22)13-9-14(19(23,24)25)11-15(10-13)26-17(28)12-2-1-3-16(8-12)32(29,30)27-4-6-31-7-5-27/h1-3,8-11H,4-7H2,(H,26,28). The van der Waals surface area contributed by atoms with Crippen molar-refractivity contribution in [3.8, 4) is 0 Å². The molecule has 1 fully saturated rings. The second kappa shape index (κ2) is 8.71. The summed E-state index contributed by atoms with van der Waals surface area (Å²) in [6.07, 6.45) is -10.2. The van der Waals surface area contributed by atoms with Gasteiger partial charge in [-0.1, -0.05) is 6.07 Å². The van der Waals surface area contributed by atoms with Gasteiger partial charge in [-0.3, -0.25) is 4.79 Å². The summed E-state index contributed by atoms with van der Waals surface area (Å²) in [5.41, 5.74) is -4.18. The highest BCUT2D eigenvalue weighted by atomic mass is 32.2. The third kappa shape index (κ3) is 5.40. The van der Waals surface area contributed by atoms with E-state index in [-0.39, 0.29) is 42.8 Å². The zero-order valence-electron chi connectivity index (χ0n) is 16.1. The van der Waals surface area contributed by atoms with E-state index < -0.39 is 45.1 Å². The molecule has 1 aliphatic rings. The van der Waals surface area contributed by atoms with Gasteiger partial charge in [-0.2, -0.15) is 30.6 Å².